The molecule has 2 atom stereocenters. The van der Waals surface area contributed by atoms with Gasteiger partial charge >= 0.3 is 0 Å². The minimum Gasteiger partial charge on any atom is -0.342 e. The van der Waals surface area contributed by atoms with Gasteiger partial charge in [-0.2, -0.15) is 0 Å². The molecule has 1 saturated heterocycles. The van der Waals surface area contributed by atoms with Crippen molar-refractivity contribution in [3.05, 3.63) is 0 Å². The van der Waals surface area contributed by atoms with E-state index in [0.717, 1.165) is 0 Å². The summed E-state index contributed by atoms with van der Waals surface area (Å²) in [6, 6.07) is -1.20. The number of hydrogen-bond acceptors (Lipinski definition) is 4. The summed E-state index contributed by atoms with van der Waals surface area (Å²) in [5, 5.41) is 5.38. The molecule has 0 bridgehead atoms. The molecular weight excluding hydrogens is 232 g/mol. The lowest BCUT2D eigenvalue weighted by Crippen LogP contribution is -2.67. The topological polar surface area (TPSA) is 110 Å². The first kappa shape index (κ1) is 14.9. The molecule has 2 amide bonds. The quantitative estimate of drug-likeness (QED) is 0.521. The highest BCUT2D eigenvalue weighted by Gasteiger charge is 2.43. The van der Waals surface area contributed by atoms with E-state index in [1.807, 2.05) is 27.7 Å². The minimum atomic E-state index is -0.629. The van der Waals surface area contributed by atoms with E-state index < -0.39 is 23.0 Å². The van der Waals surface area contributed by atoms with E-state index in [-0.39, 0.29) is 18.4 Å². The van der Waals surface area contributed by atoms with Crippen LogP contribution in [0, 0.1) is 5.41 Å². The van der Waals surface area contributed by atoms with Crippen molar-refractivity contribution in [2.24, 2.45) is 16.9 Å². The average Bonchev–Trinajstić information content (AvgIpc) is 2.17. The van der Waals surface area contributed by atoms with Gasteiger partial charge < -0.3 is 22.1 Å². The van der Waals surface area contributed by atoms with E-state index in [2.05, 4.69) is 10.6 Å². The predicted octanol–water partition coefficient (Wildman–Crippen LogP) is -0.918. The summed E-state index contributed by atoms with van der Waals surface area (Å²) < 4.78 is 0. The summed E-state index contributed by atoms with van der Waals surface area (Å²) >= 11 is 0. The molecule has 1 rings (SSSR count). The van der Waals surface area contributed by atoms with Crippen molar-refractivity contribution in [3.8, 4) is 0 Å². The second kappa shape index (κ2) is 4.85. The molecule has 6 heteroatoms. The maximum absolute atomic E-state index is 12.0. The Hall–Kier alpha value is -1.14. The number of nitrogens with two attached hydrogens (primary N) is 2. The van der Waals surface area contributed by atoms with Gasteiger partial charge in [0.05, 0.1) is 0 Å². The molecule has 0 aromatic carbocycles. The molecule has 18 heavy (non-hydrogen) atoms. The molecule has 1 heterocycles. The standard InChI is InChI=1S/C12H24N4O2/c1-11(2,6-12(3,4)14)8-10(18)15-7(5-13)9(17)16-8/h7-8H,5-6,13-14H2,1-4H3,(H,15,18)(H,16,17). The maximum atomic E-state index is 12.0. The van der Waals surface area contributed by atoms with Crippen LogP contribution in [0.15, 0.2) is 0 Å². The Morgan fingerprint density at radius 3 is 2.11 bits per heavy atom. The zero-order valence-corrected chi connectivity index (χ0v) is 11.5. The molecule has 2 unspecified atom stereocenters. The number of piperazine rings is 1. The highest BCUT2D eigenvalue weighted by molar-refractivity contribution is 5.97. The van der Waals surface area contributed by atoms with Crippen LogP contribution in [0.2, 0.25) is 0 Å². The Balaban J connectivity index is 2.83. The Kier molecular flexibility index (Phi) is 4.02. The number of nitrogens with one attached hydrogen (secondary N) is 2. The van der Waals surface area contributed by atoms with Crippen LogP contribution in [-0.2, 0) is 9.59 Å². The molecule has 104 valence electrons. The molecule has 0 saturated carbocycles. The normalized spacial score (nSPS) is 25.7. The summed E-state index contributed by atoms with van der Waals surface area (Å²) in [7, 11) is 0. The predicted molar refractivity (Wildman–Crippen MR) is 69.6 cm³/mol. The van der Waals surface area contributed by atoms with Gasteiger partial charge in [-0.3, -0.25) is 9.59 Å². The van der Waals surface area contributed by atoms with Crippen LogP contribution in [0.4, 0.5) is 0 Å². The van der Waals surface area contributed by atoms with E-state index in [1.54, 1.807) is 0 Å². The third-order valence-electron chi connectivity index (χ3n) is 3.11. The molecular formula is C12H24N4O2. The molecule has 0 aromatic rings. The van der Waals surface area contributed by atoms with E-state index in [1.165, 1.54) is 0 Å². The van der Waals surface area contributed by atoms with Gasteiger partial charge in [-0.25, -0.2) is 0 Å². The first-order chi connectivity index (χ1) is 8.07. The summed E-state index contributed by atoms with van der Waals surface area (Å²) in [4.78, 5) is 23.8. The lowest BCUT2D eigenvalue weighted by atomic mass is 9.74. The first-order valence-electron chi connectivity index (χ1n) is 6.16. The van der Waals surface area contributed by atoms with Crippen LogP contribution in [0.1, 0.15) is 34.1 Å². The summed E-state index contributed by atoms with van der Waals surface area (Å²) in [6.07, 6.45) is 0.617. The zero-order valence-electron chi connectivity index (χ0n) is 11.5. The van der Waals surface area contributed by atoms with Crippen LogP contribution >= 0.6 is 0 Å². The molecule has 1 aliphatic heterocycles. The molecule has 0 radical (unpaired) electrons. The highest BCUT2D eigenvalue weighted by atomic mass is 16.2. The molecule has 6 nitrogen and oxygen atoms in total. The number of amides is 2. The van der Waals surface area contributed by atoms with Crippen LogP contribution in [0.25, 0.3) is 0 Å². The van der Waals surface area contributed by atoms with Crippen LogP contribution in [0.3, 0.4) is 0 Å². The van der Waals surface area contributed by atoms with E-state index >= 15 is 0 Å². The van der Waals surface area contributed by atoms with Gasteiger partial charge in [0.1, 0.15) is 12.1 Å². The monoisotopic (exact) mass is 256 g/mol. The fourth-order valence-corrected chi connectivity index (χ4v) is 2.62. The van der Waals surface area contributed by atoms with Gasteiger partial charge in [0, 0.05) is 12.1 Å². The number of carbonyl (C=O) groups is 2. The smallest absolute Gasteiger partial charge is 0.244 e. The van der Waals surface area contributed by atoms with Crippen molar-refractivity contribution < 1.29 is 9.59 Å². The molecule has 0 aromatic heterocycles. The molecule has 1 fully saturated rings. The largest absolute Gasteiger partial charge is 0.342 e. The third kappa shape index (κ3) is 3.43. The van der Waals surface area contributed by atoms with Gasteiger partial charge in [-0.1, -0.05) is 13.8 Å². The van der Waals surface area contributed by atoms with Gasteiger partial charge in [0.15, 0.2) is 0 Å². The molecule has 0 aliphatic carbocycles. The number of hydrogen-bond donors (Lipinski definition) is 4. The van der Waals surface area contributed by atoms with Crippen LogP contribution in [-0.4, -0.2) is 36.0 Å². The highest BCUT2D eigenvalue weighted by Crippen LogP contribution is 2.31. The number of carbonyl (C=O) groups excluding carboxylic acids is 2. The van der Waals surface area contributed by atoms with Crippen molar-refractivity contribution in [1.82, 2.24) is 10.6 Å². The van der Waals surface area contributed by atoms with Crippen molar-refractivity contribution >= 4 is 11.8 Å². The molecule has 6 N–H and O–H groups in total. The summed E-state index contributed by atoms with van der Waals surface area (Å²) in [5.41, 5.74) is 10.6. The Bertz CT molecular complexity index is 346. The zero-order chi connectivity index (χ0) is 14.1. The van der Waals surface area contributed by atoms with Crippen LogP contribution < -0.4 is 22.1 Å². The van der Waals surface area contributed by atoms with Crippen molar-refractivity contribution in [3.63, 3.8) is 0 Å². The molecule has 1 aliphatic rings. The first-order valence-corrected chi connectivity index (χ1v) is 6.16. The molecule has 0 spiro atoms. The second-order valence-corrected chi connectivity index (χ2v) is 6.39. The van der Waals surface area contributed by atoms with Gasteiger partial charge in [-0.15, -0.1) is 0 Å². The fraction of sp³-hybridized carbons (Fsp3) is 0.833. The van der Waals surface area contributed by atoms with Crippen molar-refractivity contribution in [2.75, 3.05) is 6.54 Å². The average molecular weight is 256 g/mol. The number of rotatable bonds is 4. The summed E-state index contributed by atoms with van der Waals surface area (Å²) in [5.74, 6) is -0.427. The Morgan fingerprint density at radius 2 is 1.67 bits per heavy atom. The van der Waals surface area contributed by atoms with Gasteiger partial charge in [-0.05, 0) is 25.7 Å². The lowest BCUT2D eigenvalue weighted by molar-refractivity contribution is -0.139. The van der Waals surface area contributed by atoms with E-state index in [4.69, 9.17) is 11.5 Å². The van der Waals surface area contributed by atoms with Crippen molar-refractivity contribution in [1.29, 1.82) is 0 Å². The summed E-state index contributed by atoms with van der Waals surface area (Å²) in [6.45, 7) is 7.76. The Morgan fingerprint density at radius 1 is 1.11 bits per heavy atom. The van der Waals surface area contributed by atoms with Crippen molar-refractivity contribution in [2.45, 2.75) is 51.7 Å². The minimum absolute atomic E-state index is 0.104. The third-order valence-corrected chi connectivity index (χ3v) is 3.11. The SMILES string of the molecule is CC(C)(N)CC(C)(C)C1NC(=O)C(CN)NC1=O. The second-order valence-electron chi connectivity index (χ2n) is 6.39. The van der Waals surface area contributed by atoms with E-state index in [0.29, 0.717) is 6.42 Å². The maximum Gasteiger partial charge on any atom is 0.244 e. The lowest BCUT2D eigenvalue weighted by Gasteiger charge is -2.41. The van der Waals surface area contributed by atoms with Gasteiger partial charge in [0.2, 0.25) is 11.8 Å². The fourth-order valence-electron chi connectivity index (χ4n) is 2.62. The Labute approximate surface area is 108 Å². The van der Waals surface area contributed by atoms with Crippen LogP contribution in [0.5, 0.6) is 0 Å². The van der Waals surface area contributed by atoms with Gasteiger partial charge in [0.25, 0.3) is 0 Å². The van der Waals surface area contributed by atoms with E-state index in [9.17, 15) is 9.59 Å².